The molecule has 0 amide bonds. The maximum Gasteiger partial charge on any atom is 0.338 e. The van der Waals surface area contributed by atoms with Crippen LogP contribution in [0.3, 0.4) is 0 Å². The fourth-order valence-corrected chi connectivity index (χ4v) is 3.58. The number of nitrogens with one attached hydrogen (secondary N) is 2. The van der Waals surface area contributed by atoms with Crippen LogP contribution in [0.1, 0.15) is 33.6 Å². The van der Waals surface area contributed by atoms with Crippen molar-refractivity contribution < 1.29 is 36.3 Å². The van der Waals surface area contributed by atoms with Crippen LogP contribution in [0.25, 0.3) is 0 Å². The van der Waals surface area contributed by atoms with Gasteiger partial charge in [-0.3, -0.25) is 9.03 Å². The largest absolute Gasteiger partial charge is 0.478 e. The Morgan fingerprint density at radius 1 is 1.06 bits per heavy atom. The van der Waals surface area contributed by atoms with Gasteiger partial charge in [0.1, 0.15) is 22.6 Å². The van der Waals surface area contributed by atoms with Gasteiger partial charge in [0.25, 0.3) is 0 Å². The summed E-state index contributed by atoms with van der Waals surface area (Å²) in [5.74, 6) is -1.31. The van der Waals surface area contributed by atoms with Crippen molar-refractivity contribution in [3.8, 4) is 0 Å². The van der Waals surface area contributed by atoms with Crippen LogP contribution in [0.2, 0.25) is 5.15 Å². The van der Waals surface area contributed by atoms with Gasteiger partial charge in [0.05, 0.1) is 30.7 Å². The second kappa shape index (κ2) is 11.0. The summed E-state index contributed by atoms with van der Waals surface area (Å²) in [4.78, 5) is 30.1. The number of methoxy groups -OCH3 is 1. The van der Waals surface area contributed by atoms with Gasteiger partial charge in [0, 0.05) is 13.1 Å². The van der Waals surface area contributed by atoms with E-state index in [0.717, 1.165) is 29.7 Å². The minimum Gasteiger partial charge on any atom is -0.478 e. The lowest BCUT2D eigenvalue weighted by atomic mass is 10.2. The Kier molecular flexibility index (Phi) is 8.86. The standard InChI is InChI=1S/C11H15N3O4S.C8H9ClN2O4S/c1-14(19(2,17)18)10-6-7(11(15)16)5-9(13-10)12-8-3-4-8;1-15-8(12)5-3-6(9)10-7(4-5)11-16(2,13)14/h5-6,8H,3-4H2,1-2H3,(H,12,13)(H,15,16);3-4H,1-2H3,(H,10,11). The molecule has 2 heterocycles. The first-order chi connectivity index (χ1) is 16.1. The lowest BCUT2D eigenvalue weighted by Gasteiger charge is -2.17. The third-order valence-electron chi connectivity index (χ3n) is 4.31. The summed E-state index contributed by atoms with van der Waals surface area (Å²) in [5, 5.41) is 12.1. The Hall–Kier alpha value is -3.17. The van der Waals surface area contributed by atoms with E-state index >= 15 is 0 Å². The molecule has 2 aromatic rings. The van der Waals surface area contributed by atoms with Gasteiger partial charge in [-0.15, -0.1) is 0 Å². The molecule has 13 nitrogen and oxygen atoms in total. The monoisotopic (exact) mass is 549 g/mol. The second-order valence-corrected chi connectivity index (χ2v) is 11.6. The van der Waals surface area contributed by atoms with Crippen molar-refractivity contribution in [2.75, 3.05) is 41.0 Å². The number of carbonyl (C=O) groups excluding carboxylic acids is 1. The molecular weight excluding hydrogens is 526 g/mol. The highest BCUT2D eigenvalue weighted by atomic mass is 35.5. The van der Waals surface area contributed by atoms with Crippen LogP contribution >= 0.6 is 11.6 Å². The van der Waals surface area contributed by atoms with Crippen LogP contribution in [0.5, 0.6) is 0 Å². The zero-order valence-electron chi connectivity index (χ0n) is 19.1. The maximum atomic E-state index is 11.5. The number of pyridine rings is 2. The van der Waals surface area contributed by atoms with Gasteiger partial charge < -0.3 is 15.2 Å². The first-order valence-electron chi connectivity index (χ1n) is 9.78. The molecule has 35 heavy (non-hydrogen) atoms. The molecule has 0 atom stereocenters. The molecule has 3 rings (SSSR count). The summed E-state index contributed by atoms with van der Waals surface area (Å²) in [6.45, 7) is 0. The summed E-state index contributed by atoms with van der Waals surface area (Å²) in [6, 6.07) is 5.45. The Bertz CT molecular complexity index is 1330. The van der Waals surface area contributed by atoms with E-state index in [4.69, 9.17) is 16.7 Å². The van der Waals surface area contributed by atoms with Gasteiger partial charge in [0.2, 0.25) is 20.0 Å². The topological polar surface area (TPSA) is 185 Å². The minimum atomic E-state index is -3.48. The summed E-state index contributed by atoms with van der Waals surface area (Å²) < 4.78 is 52.4. The average molecular weight is 550 g/mol. The molecule has 16 heteroatoms. The smallest absolute Gasteiger partial charge is 0.338 e. The summed E-state index contributed by atoms with van der Waals surface area (Å²) in [6.07, 6.45) is 4.02. The van der Waals surface area contributed by atoms with E-state index in [9.17, 15) is 26.4 Å². The molecule has 3 N–H and O–H groups in total. The van der Waals surface area contributed by atoms with E-state index < -0.39 is 32.0 Å². The van der Waals surface area contributed by atoms with Crippen molar-refractivity contribution in [3.05, 3.63) is 40.5 Å². The summed E-state index contributed by atoms with van der Waals surface area (Å²) >= 11 is 5.63. The number of carboxylic acids is 1. The zero-order valence-corrected chi connectivity index (χ0v) is 21.5. The first-order valence-corrected chi connectivity index (χ1v) is 13.9. The predicted molar refractivity (Wildman–Crippen MR) is 130 cm³/mol. The predicted octanol–water partition coefficient (Wildman–Crippen LogP) is 1.64. The molecule has 0 unspecified atom stereocenters. The van der Waals surface area contributed by atoms with Crippen molar-refractivity contribution in [2.45, 2.75) is 18.9 Å². The summed E-state index contributed by atoms with van der Waals surface area (Å²) in [5.41, 5.74) is 0.123. The van der Waals surface area contributed by atoms with E-state index in [-0.39, 0.29) is 27.9 Å². The van der Waals surface area contributed by atoms with Gasteiger partial charge in [0.15, 0.2) is 0 Å². The number of aromatic nitrogens is 2. The van der Waals surface area contributed by atoms with Gasteiger partial charge in [-0.2, -0.15) is 0 Å². The van der Waals surface area contributed by atoms with Crippen LogP contribution in [-0.2, 0) is 24.8 Å². The Labute approximate surface area is 207 Å². The number of carbonyl (C=O) groups is 2. The van der Waals surface area contributed by atoms with Crippen molar-refractivity contribution in [2.24, 2.45) is 0 Å². The number of anilines is 3. The SMILES string of the molecule is CN(c1cc(C(=O)O)cc(NC2CC2)n1)S(C)(=O)=O.COC(=O)c1cc(Cl)nc(NS(C)(=O)=O)c1. The normalized spacial score (nSPS) is 13.2. The highest BCUT2D eigenvalue weighted by Gasteiger charge is 2.23. The van der Waals surface area contributed by atoms with Crippen molar-refractivity contribution in [1.29, 1.82) is 0 Å². The Morgan fingerprint density at radius 2 is 1.66 bits per heavy atom. The molecule has 0 aliphatic heterocycles. The molecule has 192 valence electrons. The zero-order chi connectivity index (χ0) is 26.6. The number of sulfonamides is 2. The van der Waals surface area contributed by atoms with Crippen LogP contribution in [-0.4, -0.2) is 76.6 Å². The Balaban J connectivity index is 0.000000251. The maximum absolute atomic E-state index is 11.5. The fraction of sp³-hybridized carbons (Fsp3) is 0.368. The van der Waals surface area contributed by atoms with Crippen LogP contribution < -0.4 is 14.3 Å². The summed E-state index contributed by atoms with van der Waals surface area (Å²) in [7, 11) is -4.40. The highest BCUT2D eigenvalue weighted by Crippen LogP contribution is 2.26. The Morgan fingerprint density at radius 3 is 2.14 bits per heavy atom. The number of hydrogen-bond acceptors (Lipinski definition) is 10. The molecule has 0 spiro atoms. The number of halogens is 1. The van der Waals surface area contributed by atoms with Crippen LogP contribution in [0, 0.1) is 0 Å². The van der Waals surface area contributed by atoms with E-state index in [2.05, 4.69) is 24.7 Å². The lowest BCUT2D eigenvalue weighted by Crippen LogP contribution is -2.26. The molecule has 1 aliphatic rings. The average Bonchev–Trinajstić information content (AvgIpc) is 3.54. The molecule has 1 fully saturated rings. The number of ether oxygens (including phenoxy) is 1. The van der Waals surface area contributed by atoms with Gasteiger partial charge in [-0.1, -0.05) is 11.6 Å². The molecule has 0 bridgehead atoms. The molecule has 0 radical (unpaired) electrons. The molecule has 1 aliphatic carbocycles. The lowest BCUT2D eigenvalue weighted by molar-refractivity contribution is 0.0599. The molecular formula is C19H24ClN5O8S2. The van der Waals surface area contributed by atoms with Crippen molar-refractivity contribution >= 4 is 61.0 Å². The third kappa shape index (κ3) is 9.18. The molecule has 1 saturated carbocycles. The highest BCUT2D eigenvalue weighted by molar-refractivity contribution is 7.92. The van der Waals surface area contributed by atoms with Gasteiger partial charge in [-0.05, 0) is 37.1 Å². The van der Waals surface area contributed by atoms with Crippen LogP contribution in [0.4, 0.5) is 17.5 Å². The van der Waals surface area contributed by atoms with Gasteiger partial charge in [-0.25, -0.2) is 36.4 Å². The van der Waals surface area contributed by atoms with E-state index in [1.54, 1.807) is 0 Å². The number of aromatic carboxylic acids is 1. The van der Waals surface area contributed by atoms with Crippen molar-refractivity contribution in [3.63, 3.8) is 0 Å². The second-order valence-electron chi connectivity index (χ2n) is 7.48. The number of hydrogen-bond donors (Lipinski definition) is 3. The number of nitrogens with zero attached hydrogens (tertiary/aromatic N) is 3. The van der Waals surface area contributed by atoms with E-state index in [1.807, 2.05) is 0 Å². The number of esters is 1. The minimum absolute atomic E-state index is 0.00338. The van der Waals surface area contributed by atoms with E-state index in [1.165, 1.54) is 38.4 Å². The fourth-order valence-electron chi connectivity index (χ4n) is 2.46. The third-order valence-corrected chi connectivity index (χ3v) is 6.27. The number of carboxylic acid groups (broad SMARTS) is 1. The quantitative estimate of drug-likeness (QED) is 0.321. The number of rotatable bonds is 8. The molecule has 2 aromatic heterocycles. The molecule has 0 saturated heterocycles. The van der Waals surface area contributed by atoms with Crippen LogP contribution in [0.15, 0.2) is 24.3 Å². The first kappa shape index (κ1) is 28.1. The molecule has 0 aromatic carbocycles. The van der Waals surface area contributed by atoms with E-state index in [0.29, 0.717) is 11.9 Å². The van der Waals surface area contributed by atoms with Gasteiger partial charge >= 0.3 is 11.9 Å². The van der Waals surface area contributed by atoms with Crippen molar-refractivity contribution in [1.82, 2.24) is 9.97 Å².